The fraction of sp³-hybridized carbons (Fsp3) is 0. The summed E-state index contributed by atoms with van der Waals surface area (Å²) in [6, 6.07) is 1.62. The molecule has 27 heavy (non-hydrogen) atoms. The standard InChI is InChI=1S/C12H6Cl2F2O8S3/c13-9-5(15)1-3-7(11(9)26(19,20)21)25(17,18)8-4-2-6(16)10(14)12(8)27(22,23)24/h1-4H,(H,19,20,21)(H,22,23,24). The first-order valence-corrected chi connectivity index (χ1v) is 11.4. The summed E-state index contributed by atoms with van der Waals surface area (Å²) in [5, 5.41) is -2.58. The van der Waals surface area contributed by atoms with E-state index < -0.39 is 71.3 Å². The van der Waals surface area contributed by atoms with E-state index in [9.17, 15) is 43.1 Å². The molecular weight excluding hydrogens is 477 g/mol. The second-order valence-electron chi connectivity index (χ2n) is 4.83. The molecule has 8 nitrogen and oxygen atoms in total. The van der Waals surface area contributed by atoms with E-state index in [0.29, 0.717) is 24.3 Å². The van der Waals surface area contributed by atoms with Crippen LogP contribution in [0.15, 0.2) is 43.8 Å². The Hall–Kier alpha value is -1.35. The maximum Gasteiger partial charge on any atom is 0.297 e. The van der Waals surface area contributed by atoms with Crippen LogP contribution >= 0.6 is 23.2 Å². The first-order chi connectivity index (χ1) is 12.1. The fourth-order valence-corrected chi connectivity index (χ4v) is 7.08. The van der Waals surface area contributed by atoms with Crippen LogP contribution in [0.3, 0.4) is 0 Å². The van der Waals surface area contributed by atoms with Crippen LogP contribution in [0.2, 0.25) is 10.0 Å². The number of hydrogen-bond acceptors (Lipinski definition) is 6. The smallest absolute Gasteiger partial charge is 0.282 e. The molecule has 0 aliphatic rings. The third-order valence-electron chi connectivity index (χ3n) is 3.12. The van der Waals surface area contributed by atoms with E-state index in [2.05, 4.69) is 0 Å². The van der Waals surface area contributed by atoms with E-state index in [1.165, 1.54) is 0 Å². The monoisotopic (exact) mass is 482 g/mol. The molecule has 0 fully saturated rings. The molecule has 0 radical (unpaired) electrons. The van der Waals surface area contributed by atoms with Crippen molar-refractivity contribution < 1.29 is 43.1 Å². The highest BCUT2D eigenvalue weighted by molar-refractivity contribution is 7.94. The quantitative estimate of drug-likeness (QED) is 0.499. The summed E-state index contributed by atoms with van der Waals surface area (Å²) < 4.78 is 117. The largest absolute Gasteiger partial charge is 0.297 e. The highest BCUT2D eigenvalue weighted by Gasteiger charge is 2.36. The predicted molar refractivity (Wildman–Crippen MR) is 87.9 cm³/mol. The number of halogens is 4. The lowest BCUT2D eigenvalue weighted by atomic mass is 10.3. The molecule has 0 atom stereocenters. The van der Waals surface area contributed by atoms with Crippen LogP contribution in [0, 0.1) is 11.6 Å². The minimum absolute atomic E-state index is 0.380. The second-order valence-corrected chi connectivity index (χ2v) is 10.2. The fourth-order valence-electron chi connectivity index (χ4n) is 2.05. The average Bonchev–Trinajstić information content (AvgIpc) is 2.49. The predicted octanol–water partition coefficient (Wildman–Crippen LogP) is 2.60. The Morgan fingerprint density at radius 3 is 1.22 bits per heavy atom. The van der Waals surface area contributed by atoms with Crippen LogP contribution in [0.4, 0.5) is 8.78 Å². The molecule has 0 unspecified atom stereocenters. The lowest BCUT2D eigenvalue weighted by molar-refractivity contribution is 0.478. The first kappa shape index (κ1) is 21.9. The molecule has 2 aromatic carbocycles. The zero-order valence-electron chi connectivity index (χ0n) is 12.4. The molecule has 0 aliphatic heterocycles. The van der Waals surface area contributed by atoms with Crippen LogP contribution in [-0.2, 0) is 30.1 Å². The Bertz CT molecular complexity index is 1180. The van der Waals surface area contributed by atoms with Gasteiger partial charge in [-0.1, -0.05) is 23.2 Å². The Balaban J connectivity index is 3.05. The Morgan fingerprint density at radius 1 is 0.667 bits per heavy atom. The topological polar surface area (TPSA) is 143 Å². The summed E-state index contributed by atoms with van der Waals surface area (Å²) in [5.74, 6) is -2.81. The van der Waals surface area contributed by atoms with Crippen molar-refractivity contribution in [2.45, 2.75) is 19.6 Å². The van der Waals surface area contributed by atoms with Crippen LogP contribution in [0.5, 0.6) is 0 Å². The summed E-state index contributed by atoms with van der Waals surface area (Å²) in [7, 11) is -16.1. The van der Waals surface area contributed by atoms with Crippen molar-refractivity contribution in [1.29, 1.82) is 0 Å². The van der Waals surface area contributed by atoms with Gasteiger partial charge in [-0.25, -0.2) is 17.2 Å². The maximum absolute atomic E-state index is 13.6. The normalized spacial score (nSPS) is 13.0. The third kappa shape index (κ3) is 3.94. The van der Waals surface area contributed by atoms with Gasteiger partial charge in [0.05, 0.1) is 19.8 Å². The van der Waals surface area contributed by atoms with Crippen LogP contribution in [0.1, 0.15) is 0 Å². The van der Waals surface area contributed by atoms with Crippen LogP contribution in [-0.4, -0.2) is 34.4 Å². The van der Waals surface area contributed by atoms with Crippen molar-refractivity contribution in [3.63, 3.8) is 0 Å². The molecule has 0 bridgehead atoms. The molecule has 0 amide bonds. The Kier molecular flexibility index (Phi) is 5.62. The summed E-state index contributed by atoms with van der Waals surface area (Å²) in [6.07, 6.45) is 0. The number of sulfone groups is 1. The van der Waals surface area contributed by atoms with Gasteiger partial charge in [0.25, 0.3) is 20.2 Å². The number of benzene rings is 2. The van der Waals surface area contributed by atoms with Gasteiger partial charge in [-0.3, -0.25) is 9.11 Å². The molecule has 0 saturated heterocycles. The zero-order valence-corrected chi connectivity index (χ0v) is 16.4. The molecule has 0 aliphatic carbocycles. The summed E-state index contributed by atoms with van der Waals surface area (Å²) >= 11 is 10.9. The minimum atomic E-state index is -5.41. The van der Waals surface area contributed by atoms with Gasteiger partial charge < -0.3 is 0 Å². The summed E-state index contributed by atoms with van der Waals surface area (Å²) in [6.45, 7) is 0. The minimum Gasteiger partial charge on any atom is -0.282 e. The molecule has 2 rings (SSSR count). The van der Waals surface area contributed by atoms with E-state index in [1.807, 2.05) is 0 Å². The van der Waals surface area contributed by atoms with Crippen molar-refractivity contribution in [3.8, 4) is 0 Å². The van der Waals surface area contributed by atoms with Gasteiger partial charge in [-0.2, -0.15) is 16.8 Å². The summed E-state index contributed by atoms with van der Waals surface area (Å²) in [4.78, 5) is -5.82. The van der Waals surface area contributed by atoms with Gasteiger partial charge in [0.1, 0.15) is 21.4 Å². The maximum atomic E-state index is 13.6. The van der Waals surface area contributed by atoms with Gasteiger partial charge in [0, 0.05) is 0 Å². The number of hydrogen-bond donors (Lipinski definition) is 2. The van der Waals surface area contributed by atoms with E-state index in [-0.39, 0.29) is 0 Å². The lowest BCUT2D eigenvalue weighted by Crippen LogP contribution is -2.15. The average molecular weight is 483 g/mol. The van der Waals surface area contributed by atoms with E-state index in [4.69, 9.17) is 23.2 Å². The van der Waals surface area contributed by atoms with Crippen molar-refractivity contribution >= 4 is 53.3 Å². The van der Waals surface area contributed by atoms with Gasteiger partial charge >= 0.3 is 0 Å². The highest BCUT2D eigenvalue weighted by Crippen LogP contribution is 2.38. The van der Waals surface area contributed by atoms with E-state index >= 15 is 0 Å². The van der Waals surface area contributed by atoms with Crippen LogP contribution < -0.4 is 0 Å². The Labute approximate surface area is 161 Å². The van der Waals surface area contributed by atoms with Gasteiger partial charge in [0.15, 0.2) is 0 Å². The van der Waals surface area contributed by atoms with Gasteiger partial charge in [-0.05, 0) is 24.3 Å². The first-order valence-electron chi connectivity index (χ1n) is 6.26. The highest BCUT2D eigenvalue weighted by atomic mass is 35.5. The third-order valence-corrected chi connectivity index (χ3v) is 8.06. The Morgan fingerprint density at radius 2 is 0.963 bits per heavy atom. The molecule has 2 N–H and O–H groups in total. The SMILES string of the molecule is O=S(=O)(O)c1c(S(=O)(=O)c2ccc(F)c(Cl)c2S(=O)(=O)O)ccc(F)c1Cl. The zero-order chi connectivity index (χ0) is 20.9. The van der Waals surface area contributed by atoms with E-state index in [1.54, 1.807) is 0 Å². The van der Waals surface area contributed by atoms with Gasteiger partial charge in [-0.15, -0.1) is 0 Å². The van der Waals surface area contributed by atoms with Crippen molar-refractivity contribution in [2.24, 2.45) is 0 Å². The van der Waals surface area contributed by atoms with Crippen molar-refractivity contribution in [1.82, 2.24) is 0 Å². The molecule has 0 spiro atoms. The van der Waals surface area contributed by atoms with E-state index in [0.717, 1.165) is 0 Å². The molecule has 0 heterocycles. The van der Waals surface area contributed by atoms with Gasteiger partial charge in [0.2, 0.25) is 9.84 Å². The lowest BCUT2D eigenvalue weighted by Gasteiger charge is -2.14. The number of rotatable bonds is 4. The molecule has 15 heteroatoms. The molecule has 0 saturated carbocycles. The molecular formula is C12H6Cl2F2O8S3. The molecule has 148 valence electrons. The van der Waals surface area contributed by atoms with Crippen LogP contribution in [0.25, 0.3) is 0 Å². The summed E-state index contributed by atoms with van der Waals surface area (Å²) in [5.41, 5.74) is 0. The van der Waals surface area contributed by atoms with Crippen molar-refractivity contribution in [2.75, 3.05) is 0 Å². The molecule has 0 aromatic heterocycles. The molecule has 2 aromatic rings. The second kappa shape index (κ2) is 6.92. The van der Waals surface area contributed by atoms with Crippen molar-refractivity contribution in [3.05, 3.63) is 45.9 Å².